The Hall–Kier alpha value is -3.49. The van der Waals surface area contributed by atoms with Crippen molar-refractivity contribution >= 4 is 11.6 Å². The second kappa shape index (κ2) is 7.86. The van der Waals surface area contributed by atoms with Gasteiger partial charge in [-0.15, -0.1) is 0 Å². The summed E-state index contributed by atoms with van der Waals surface area (Å²) in [5.74, 6) is 0.494. The smallest absolute Gasteiger partial charge is 0.416 e. The van der Waals surface area contributed by atoms with Gasteiger partial charge in [0.15, 0.2) is 11.5 Å². The van der Waals surface area contributed by atoms with Gasteiger partial charge in [0.1, 0.15) is 17.0 Å². The quantitative estimate of drug-likeness (QED) is 0.650. The normalized spacial score (nSPS) is 11.2. The molecular weight excluding hydrogens is 389 g/mol. The third-order valence-corrected chi connectivity index (χ3v) is 4.19. The number of ether oxygens (including phenoxy) is 2. The molecule has 3 rings (SSSR count). The molecule has 3 aromatic rings. The van der Waals surface area contributed by atoms with Crippen LogP contribution in [-0.2, 0) is 6.18 Å². The number of aromatic nitrogens is 1. The first kappa shape index (κ1) is 20.2. The van der Waals surface area contributed by atoms with E-state index in [0.717, 1.165) is 12.1 Å². The molecule has 0 radical (unpaired) electrons. The summed E-state index contributed by atoms with van der Waals surface area (Å²) in [4.78, 5) is 12.8. The highest BCUT2D eigenvalue weighted by molar-refractivity contribution is 6.08. The molecule has 1 heterocycles. The number of methoxy groups -OCH3 is 2. The highest BCUT2D eigenvalue weighted by Gasteiger charge is 2.31. The molecule has 0 bridgehead atoms. The fourth-order valence-corrected chi connectivity index (χ4v) is 2.79. The summed E-state index contributed by atoms with van der Waals surface area (Å²) in [6.07, 6.45) is -4.52. The van der Waals surface area contributed by atoms with Crippen LogP contribution in [0.2, 0.25) is 0 Å². The van der Waals surface area contributed by atoms with Gasteiger partial charge in [0.2, 0.25) is 0 Å². The minimum Gasteiger partial charge on any atom is -0.493 e. The first-order valence-electron chi connectivity index (χ1n) is 8.42. The third-order valence-electron chi connectivity index (χ3n) is 4.19. The Kier molecular flexibility index (Phi) is 5.49. The molecule has 0 unspecified atom stereocenters. The first-order chi connectivity index (χ1) is 13.7. The van der Waals surface area contributed by atoms with Crippen molar-refractivity contribution in [3.05, 3.63) is 59.4 Å². The summed E-state index contributed by atoms with van der Waals surface area (Å²) in [7, 11) is 2.96. The topological polar surface area (TPSA) is 73.6 Å². The van der Waals surface area contributed by atoms with Crippen LogP contribution in [0, 0.1) is 6.92 Å². The number of carbonyl (C=O) groups excluding carboxylic acids is 1. The van der Waals surface area contributed by atoms with Gasteiger partial charge in [0.25, 0.3) is 5.91 Å². The predicted molar refractivity (Wildman–Crippen MR) is 99.2 cm³/mol. The Balaban J connectivity index is 1.95. The Morgan fingerprint density at radius 2 is 1.79 bits per heavy atom. The van der Waals surface area contributed by atoms with Crippen LogP contribution in [0.1, 0.15) is 21.7 Å². The molecule has 9 heteroatoms. The molecule has 0 aliphatic heterocycles. The summed E-state index contributed by atoms with van der Waals surface area (Å²) in [5.41, 5.74) is -0.00241. The number of amides is 1. The molecule has 0 fully saturated rings. The minimum atomic E-state index is -4.52. The first-order valence-corrected chi connectivity index (χ1v) is 8.42. The second-order valence-corrected chi connectivity index (χ2v) is 6.06. The Bertz CT molecular complexity index is 1040. The van der Waals surface area contributed by atoms with Crippen molar-refractivity contribution in [3.8, 4) is 22.8 Å². The highest BCUT2D eigenvalue weighted by Crippen LogP contribution is 2.35. The van der Waals surface area contributed by atoms with E-state index in [0.29, 0.717) is 17.1 Å². The van der Waals surface area contributed by atoms with Gasteiger partial charge in [-0.05, 0) is 43.3 Å². The molecular formula is C20H17F3N2O4. The van der Waals surface area contributed by atoms with Crippen LogP contribution in [0.15, 0.2) is 47.0 Å². The summed E-state index contributed by atoms with van der Waals surface area (Å²) < 4.78 is 54.3. The standard InChI is InChI=1S/C20H17F3N2O4/c1-11-17(19(26)24-14-6-4-5-13(10-14)20(21,22)23)18(25-29-11)12-7-8-15(27-2)16(9-12)28-3/h4-10H,1-3H3,(H,24,26). The molecule has 1 aromatic heterocycles. The SMILES string of the molecule is COc1ccc(-c2noc(C)c2C(=O)Nc2cccc(C(F)(F)F)c2)cc1OC. The zero-order chi connectivity index (χ0) is 21.2. The number of hydrogen-bond donors (Lipinski definition) is 1. The maximum absolute atomic E-state index is 12.9. The fourth-order valence-electron chi connectivity index (χ4n) is 2.79. The molecule has 0 spiro atoms. The monoisotopic (exact) mass is 406 g/mol. The van der Waals surface area contributed by atoms with Crippen LogP contribution in [-0.4, -0.2) is 25.3 Å². The molecule has 0 saturated heterocycles. The molecule has 1 amide bonds. The van der Waals surface area contributed by atoms with E-state index in [2.05, 4.69) is 10.5 Å². The van der Waals surface area contributed by atoms with Gasteiger partial charge in [-0.25, -0.2) is 0 Å². The molecule has 29 heavy (non-hydrogen) atoms. The Morgan fingerprint density at radius 3 is 2.45 bits per heavy atom. The summed E-state index contributed by atoms with van der Waals surface area (Å²) in [5, 5.41) is 6.39. The zero-order valence-electron chi connectivity index (χ0n) is 15.8. The van der Waals surface area contributed by atoms with Crippen LogP contribution in [0.4, 0.5) is 18.9 Å². The van der Waals surface area contributed by atoms with E-state index in [-0.39, 0.29) is 22.7 Å². The molecule has 152 valence electrons. The van der Waals surface area contributed by atoms with Crippen molar-refractivity contribution in [1.29, 1.82) is 0 Å². The van der Waals surface area contributed by atoms with Crippen LogP contribution in [0.5, 0.6) is 11.5 Å². The van der Waals surface area contributed by atoms with Gasteiger partial charge >= 0.3 is 6.18 Å². The maximum Gasteiger partial charge on any atom is 0.416 e. The molecule has 2 aromatic carbocycles. The van der Waals surface area contributed by atoms with Crippen molar-refractivity contribution in [2.45, 2.75) is 13.1 Å². The van der Waals surface area contributed by atoms with Crippen molar-refractivity contribution in [2.75, 3.05) is 19.5 Å². The van der Waals surface area contributed by atoms with Gasteiger partial charge in [-0.2, -0.15) is 13.2 Å². The molecule has 6 nitrogen and oxygen atoms in total. The average molecular weight is 406 g/mol. The van der Waals surface area contributed by atoms with Crippen molar-refractivity contribution in [3.63, 3.8) is 0 Å². The number of aryl methyl sites for hydroxylation is 1. The van der Waals surface area contributed by atoms with E-state index in [1.54, 1.807) is 18.2 Å². The number of nitrogens with one attached hydrogen (secondary N) is 1. The number of halogens is 3. The minimum absolute atomic E-state index is 0.00341. The third kappa shape index (κ3) is 4.18. The molecule has 0 saturated carbocycles. The summed E-state index contributed by atoms with van der Waals surface area (Å²) >= 11 is 0. The number of rotatable bonds is 5. The second-order valence-electron chi connectivity index (χ2n) is 6.06. The molecule has 0 atom stereocenters. The number of anilines is 1. The number of hydrogen-bond acceptors (Lipinski definition) is 5. The van der Waals surface area contributed by atoms with Gasteiger partial charge in [0, 0.05) is 11.3 Å². The zero-order valence-corrected chi connectivity index (χ0v) is 15.8. The maximum atomic E-state index is 12.9. The van der Waals surface area contributed by atoms with E-state index in [9.17, 15) is 18.0 Å². The van der Waals surface area contributed by atoms with Crippen molar-refractivity contribution in [1.82, 2.24) is 5.16 Å². The number of alkyl halides is 3. The average Bonchev–Trinajstić information content (AvgIpc) is 3.08. The van der Waals surface area contributed by atoms with E-state index in [4.69, 9.17) is 14.0 Å². The van der Waals surface area contributed by atoms with Crippen molar-refractivity contribution in [2.24, 2.45) is 0 Å². The van der Waals surface area contributed by atoms with Crippen molar-refractivity contribution < 1.29 is 32.0 Å². The van der Waals surface area contributed by atoms with Crippen LogP contribution < -0.4 is 14.8 Å². The lowest BCUT2D eigenvalue weighted by molar-refractivity contribution is -0.137. The molecule has 0 aliphatic carbocycles. The largest absolute Gasteiger partial charge is 0.493 e. The van der Waals surface area contributed by atoms with E-state index >= 15 is 0 Å². The van der Waals surface area contributed by atoms with Crippen LogP contribution >= 0.6 is 0 Å². The van der Waals surface area contributed by atoms with Gasteiger partial charge < -0.3 is 19.3 Å². The predicted octanol–water partition coefficient (Wildman–Crippen LogP) is 4.94. The number of nitrogens with zero attached hydrogens (tertiary/aromatic N) is 1. The fraction of sp³-hybridized carbons (Fsp3) is 0.200. The lowest BCUT2D eigenvalue weighted by atomic mass is 10.0. The molecule has 1 N–H and O–H groups in total. The lowest BCUT2D eigenvalue weighted by Gasteiger charge is -2.11. The number of benzene rings is 2. The summed E-state index contributed by atoms with van der Waals surface area (Å²) in [6, 6.07) is 9.30. The lowest BCUT2D eigenvalue weighted by Crippen LogP contribution is -2.14. The van der Waals surface area contributed by atoms with E-state index < -0.39 is 17.6 Å². The van der Waals surface area contributed by atoms with Crippen LogP contribution in [0.3, 0.4) is 0 Å². The molecule has 0 aliphatic rings. The van der Waals surface area contributed by atoms with Gasteiger partial charge in [-0.3, -0.25) is 4.79 Å². The van der Waals surface area contributed by atoms with Gasteiger partial charge in [0.05, 0.1) is 19.8 Å². The number of carbonyl (C=O) groups is 1. The van der Waals surface area contributed by atoms with E-state index in [1.165, 1.54) is 33.3 Å². The Labute approximate surface area is 164 Å². The Morgan fingerprint density at radius 1 is 1.07 bits per heavy atom. The van der Waals surface area contributed by atoms with E-state index in [1.807, 2.05) is 0 Å². The summed E-state index contributed by atoms with van der Waals surface area (Å²) in [6.45, 7) is 1.54. The highest BCUT2D eigenvalue weighted by atomic mass is 19.4. The van der Waals surface area contributed by atoms with Gasteiger partial charge in [-0.1, -0.05) is 11.2 Å². The van der Waals surface area contributed by atoms with Crippen LogP contribution in [0.25, 0.3) is 11.3 Å².